The van der Waals surface area contributed by atoms with Crippen molar-refractivity contribution in [2.45, 2.75) is 19.9 Å². The van der Waals surface area contributed by atoms with Crippen molar-refractivity contribution in [2.24, 2.45) is 11.0 Å². The standard InChI is InChI=1S/C22H23BrClN3O3/c1-4-11-30-19-10-9-15(12-17(19)23)13-25-27-22(29)20(14(2)3)26-21(28)16-7-5-6-8-18(16)24/h4-10,12-14,20H,1,11H2,2-3H3,(H,26,28)(H,27,29)/b25-13-. The van der Waals surface area contributed by atoms with Crippen molar-refractivity contribution in [3.8, 4) is 5.75 Å². The zero-order chi connectivity index (χ0) is 22.1. The summed E-state index contributed by atoms with van der Waals surface area (Å²) in [4.78, 5) is 25.0. The Morgan fingerprint density at radius 2 is 2.00 bits per heavy atom. The molecule has 2 rings (SSSR count). The maximum atomic E-state index is 12.6. The van der Waals surface area contributed by atoms with Gasteiger partial charge in [0.25, 0.3) is 11.8 Å². The molecular weight excluding hydrogens is 470 g/mol. The van der Waals surface area contributed by atoms with Crippen molar-refractivity contribution in [1.29, 1.82) is 0 Å². The third-order valence-electron chi connectivity index (χ3n) is 4.06. The van der Waals surface area contributed by atoms with Crippen LogP contribution < -0.4 is 15.5 Å². The summed E-state index contributed by atoms with van der Waals surface area (Å²) >= 11 is 9.49. The first-order valence-electron chi connectivity index (χ1n) is 9.25. The van der Waals surface area contributed by atoms with Gasteiger partial charge in [-0.3, -0.25) is 9.59 Å². The Balaban J connectivity index is 2.01. The van der Waals surface area contributed by atoms with Crippen molar-refractivity contribution < 1.29 is 14.3 Å². The number of carbonyl (C=O) groups is 2. The molecule has 2 N–H and O–H groups in total. The van der Waals surface area contributed by atoms with Gasteiger partial charge in [-0.25, -0.2) is 5.43 Å². The average molecular weight is 493 g/mol. The number of hydrogen-bond donors (Lipinski definition) is 2. The zero-order valence-corrected chi connectivity index (χ0v) is 19.0. The van der Waals surface area contributed by atoms with Crippen LogP contribution in [0.4, 0.5) is 0 Å². The van der Waals surface area contributed by atoms with Crippen LogP contribution >= 0.6 is 27.5 Å². The third kappa shape index (κ3) is 6.71. The Labute approximate surface area is 189 Å². The van der Waals surface area contributed by atoms with Crippen LogP contribution in [0.15, 0.2) is 64.7 Å². The van der Waals surface area contributed by atoms with E-state index in [0.717, 1.165) is 10.0 Å². The van der Waals surface area contributed by atoms with Crippen molar-refractivity contribution in [3.63, 3.8) is 0 Å². The molecule has 2 aromatic rings. The molecule has 0 saturated heterocycles. The van der Waals surface area contributed by atoms with Crippen LogP contribution in [0.25, 0.3) is 0 Å². The van der Waals surface area contributed by atoms with E-state index in [1.54, 1.807) is 42.5 Å². The van der Waals surface area contributed by atoms with Crippen LogP contribution in [0.2, 0.25) is 5.02 Å². The van der Waals surface area contributed by atoms with E-state index in [1.807, 2.05) is 19.9 Å². The number of nitrogens with zero attached hydrogens (tertiary/aromatic N) is 1. The predicted molar refractivity (Wildman–Crippen MR) is 123 cm³/mol. The highest BCUT2D eigenvalue weighted by Gasteiger charge is 2.25. The summed E-state index contributed by atoms with van der Waals surface area (Å²) in [6.45, 7) is 7.68. The minimum atomic E-state index is -0.771. The monoisotopic (exact) mass is 491 g/mol. The Kier molecular flexibility index (Phi) is 9.08. The van der Waals surface area contributed by atoms with Gasteiger partial charge >= 0.3 is 0 Å². The second-order valence-electron chi connectivity index (χ2n) is 6.70. The summed E-state index contributed by atoms with van der Waals surface area (Å²) in [5.41, 5.74) is 3.54. The number of amides is 2. The number of rotatable bonds is 9. The van der Waals surface area contributed by atoms with E-state index in [-0.39, 0.29) is 5.92 Å². The summed E-state index contributed by atoms with van der Waals surface area (Å²) < 4.78 is 6.25. The minimum Gasteiger partial charge on any atom is -0.488 e. The summed E-state index contributed by atoms with van der Waals surface area (Å²) in [5, 5.41) is 7.03. The van der Waals surface area contributed by atoms with Gasteiger partial charge in [0.05, 0.1) is 21.3 Å². The molecule has 2 amide bonds. The summed E-state index contributed by atoms with van der Waals surface area (Å²) in [6.07, 6.45) is 3.17. The second kappa shape index (κ2) is 11.5. The second-order valence-corrected chi connectivity index (χ2v) is 7.96. The number of halogens is 2. The maximum absolute atomic E-state index is 12.6. The highest BCUT2D eigenvalue weighted by molar-refractivity contribution is 9.10. The zero-order valence-electron chi connectivity index (χ0n) is 16.7. The van der Waals surface area contributed by atoms with E-state index in [9.17, 15) is 9.59 Å². The highest BCUT2D eigenvalue weighted by Crippen LogP contribution is 2.25. The van der Waals surface area contributed by atoms with Crippen molar-refractivity contribution >= 4 is 45.6 Å². The lowest BCUT2D eigenvalue weighted by molar-refractivity contribution is -0.123. The van der Waals surface area contributed by atoms with Gasteiger partial charge in [-0.2, -0.15) is 5.10 Å². The molecule has 0 aromatic heterocycles. The van der Waals surface area contributed by atoms with E-state index in [0.29, 0.717) is 22.9 Å². The minimum absolute atomic E-state index is 0.151. The third-order valence-corrected chi connectivity index (χ3v) is 5.00. The molecule has 0 fully saturated rings. The lowest BCUT2D eigenvalue weighted by Crippen LogP contribution is -2.48. The fourth-order valence-corrected chi connectivity index (χ4v) is 3.23. The molecular formula is C22H23BrClN3O3. The van der Waals surface area contributed by atoms with E-state index < -0.39 is 17.9 Å². The van der Waals surface area contributed by atoms with E-state index in [2.05, 4.69) is 38.4 Å². The molecule has 0 aliphatic heterocycles. The number of carbonyl (C=O) groups excluding carboxylic acids is 2. The molecule has 30 heavy (non-hydrogen) atoms. The Morgan fingerprint density at radius 1 is 1.27 bits per heavy atom. The molecule has 0 radical (unpaired) electrons. The van der Waals surface area contributed by atoms with E-state index in [4.69, 9.17) is 16.3 Å². The van der Waals surface area contributed by atoms with Gasteiger partial charge in [0.1, 0.15) is 18.4 Å². The molecule has 0 aliphatic carbocycles. The molecule has 0 bridgehead atoms. The number of benzene rings is 2. The molecule has 1 atom stereocenters. The molecule has 0 aliphatic rings. The molecule has 6 nitrogen and oxygen atoms in total. The van der Waals surface area contributed by atoms with Gasteiger partial charge < -0.3 is 10.1 Å². The highest BCUT2D eigenvalue weighted by atomic mass is 79.9. The van der Waals surface area contributed by atoms with Gasteiger partial charge in [0.2, 0.25) is 0 Å². The van der Waals surface area contributed by atoms with Crippen LogP contribution in [0.5, 0.6) is 5.75 Å². The van der Waals surface area contributed by atoms with Crippen molar-refractivity contribution in [3.05, 3.63) is 75.7 Å². The summed E-state index contributed by atoms with van der Waals surface area (Å²) in [6, 6.07) is 11.3. The van der Waals surface area contributed by atoms with Gasteiger partial charge in [-0.15, -0.1) is 0 Å². The number of hydrogen-bond acceptors (Lipinski definition) is 4. The molecule has 1 unspecified atom stereocenters. The smallest absolute Gasteiger partial charge is 0.262 e. The van der Waals surface area contributed by atoms with Crippen LogP contribution in [-0.2, 0) is 4.79 Å². The predicted octanol–water partition coefficient (Wildman–Crippen LogP) is 4.57. The average Bonchev–Trinajstić information content (AvgIpc) is 2.71. The van der Waals surface area contributed by atoms with Crippen LogP contribution in [0, 0.1) is 5.92 Å². The summed E-state index contributed by atoms with van der Waals surface area (Å²) in [5.74, 6) is -0.315. The normalized spacial score (nSPS) is 11.9. The Hall–Kier alpha value is -2.64. The molecule has 0 spiro atoms. The maximum Gasteiger partial charge on any atom is 0.262 e. The molecule has 8 heteroatoms. The lowest BCUT2D eigenvalue weighted by Gasteiger charge is -2.20. The van der Waals surface area contributed by atoms with Crippen LogP contribution in [-0.4, -0.2) is 30.7 Å². The Bertz CT molecular complexity index is 947. The fraction of sp³-hybridized carbons (Fsp3) is 0.227. The van der Waals surface area contributed by atoms with Gasteiger partial charge in [0.15, 0.2) is 0 Å². The number of nitrogens with one attached hydrogen (secondary N) is 2. The molecule has 0 heterocycles. The van der Waals surface area contributed by atoms with E-state index >= 15 is 0 Å². The SMILES string of the molecule is C=CCOc1ccc(/C=N\NC(=O)C(NC(=O)c2ccccc2Cl)C(C)C)cc1Br. The fourth-order valence-electron chi connectivity index (χ4n) is 2.50. The first-order valence-corrected chi connectivity index (χ1v) is 10.4. The van der Waals surface area contributed by atoms with Crippen molar-refractivity contribution in [1.82, 2.24) is 10.7 Å². The Morgan fingerprint density at radius 3 is 2.63 bits per heavy atom. The number of hydrazone groups is 1. The molecule has 158 valence electrons. The quantitative estimate of drug-likeness (QED) is 0.306. The largest absolute Gasteiger partial charge is 0.488 e. The van der Waals surface area contributed by atoms with Crippen molar-refractivity contribution in [2.75, 3.05) is 6.61 Å². The van der Waals surface area contributed by atoms with Crippen LogP contribution in [0.1, 0.15) is 29.8 Å². The number of ether oxygens (including phenoxy) is 1. The topological polar surface area (TPSA) is 79.8 Å². The van der Waals surface area contributed by atoms with Gasteiger partial charge in [0, 0.05) is 0 Å². The van der Waals surface area contributed by atoms with Gasteiger partial charge in [-0.1, -0.05) is 50.2 Å². The molecule has 0 saturated carbocycles. The van der Waals surface area contributed by atoms with Crippen LogP contribution in [0.3, 0.4) is 0 Å². The van der Waals surface area contributed by atoms with E-state index in [1.165, 1.54) is 6.21 Å². The molecule has 2 aromatic carbocycles. The first kappa shape index (κ1) is 23.6. The van der Waals surface area contributed by atoms with Gasteiger partial charge in [-0.05, 0) is 57.7 Å². The first-order chi connectivity index (χ1) is 14.3. The summed E-state index contributed by atoms with van der Waals surface area (Å²) in [7, 11) is 0. The lowest BCUT2D eigenvalue weighted by atomic mass is 10.0.